The highest BCUT2D eigenvalue weighted by molar-refractivity contribution is 5.82. The van der Waals surface area contributed by atoms with Crippen molar-refractivity contribution < 1.29 is 10.1 Å². The fourth-order valence-corrected chi connectivity index (χ4v) is 2.69. The van der Waals surface area contributed by atoms with Crippen molar-refractivity contribution in [1.82, 2.24) is 5.32 Å². The molecule has 0 aromatic heterocycles. The van der Waals surface area contributed by atoms with Gasteiger partial charge in [0.05, 0.1) is 0 Å². The maximum absolute atomic E-state index is 12.6. The molecule has 0 radical (unpaired) electrons. The van der Waals surface area contributed by atoms with E-state index in [2.05, 4.69) is 29.7 Å². The molecule has 0 aliphatic heterocycles. The number of nitrogens with one attached hydrogen (secondary N) is 1. The first kappa shape index (κ1) is 14.8. The Morgan fingerprint density at radius 3 is 2.09 bits per heavy atom. The van der Waals surface area contributed by atoms with Gasteiger partial charge in [-0.25, -0.2) is 0 Å². The normalized spacial score (nSPS) is 16.8. The third-order valence-electron chi connectivity index (χ3n) is 4.17. The number of nitrogens with two attached hydrogens (primary N) is 1. The Morgan fingerprint density at radius 1 is 1.00 bits per heavy atom. The molecule has 22 heavy (non-hydrogen) atoms. The van der Waals surface area contributed by atoms with Crippen molar-refractivity contribution in [3.8, 4) is 0 Å². The SMILES string of the molecule is C[C@@H]([NH2+][C@H](C(=O)NC1CC1)c1ccccc1)c1ccccc1. The van der Waals surface area contributed by atoms with Gasteiger partial charge < -0.3 is 10.6 Å². The topological polar surface area (TPSA) is 45.7 Å². The average Bonchev–Trinajstić information content (AvgIpc) is 3.38. The van der Waals surface area contributed by atoms with Crippen LogP contribution in [0.5, 0.6) is 0 Å². The molecule has 0 heterocycles. The summed E-state index contributed by atoms with van der Waals surface area (Å²) in [5.74, 6) is 0.122. The minimum absolute atomic E-state index is 0.122. The van der Waals surface area contributed by atoms with Crippen LogP contribution in [0, 0.1) is 0 Å². The number of carbonyl (C=O) groups is 1. The molecule has 3 rings (SSSR count). The van der Waals surface area contributed by atoms with Crippen molar-refractivity contribution in [1.29, 1.82) is 0 Å². The van der Waals surface area contributed by atoms with Crippen LogP contribution in [-0.4, -0.2) is 11.9 Å². The molecular weight excluding hydrogens is 272 g/mol. The van der Waals surface area contributed by atoms with Crippen molar-refractivity contribution in [2.75, 3.05) is 0 Å². The second-order valence-electron chi connectivity index (χ2n) is 6.06. The zero-order valence-corrected chi connectivity index (χ0v) is 12.9. The molecule has 1 amide bonds. The molecule has 0 spiro atoms. The molecule has 3 nitrogen and oxygen atoms in total. The first-order valence-corrected chi connectivity index (χ1v) is 7.99. The number of quaternary nitrogens is 1. The summed E-state index contributed by atoms with van der Waals surface area (Å²) in [6, 6.07) is 20.8. The maximum atomic E-state index is 12.6. The average molecular weight is 295 g/mol. The fourth-order valence-electron chi connectivity index (χ4n) is 2.69. The van der Waals surface area contributed by atoms with Crippen molar-refractivity contribution in [3.05, 3.63) is 71.8 Å². The summed E-state index contributed by atoms with van der Waals surface area (Å²) in [7, 11) is 0. The molecule has 114 valence electrons. The fraction of sp³-hybridized carbons (Fsp3) is 0.316. The van der Waals surface area contributed by atoms with Crippen molar-refractivity contribution >= 4 is 5.91 Å². The highest BCUT2D eigenvalue weighted by Crippen LogP contribution is 2.20. The third kappa shape index (κ3) is 3.74. The number of rotatable bonds is 6. The van der Waals surface area contributed by atoms with Crippen LogP contribution in [0.2, 0.25) is 0 Å². The van der Waals surface area contributed by atoms with Crippen molar-refractivity contribution in [2.24, 2.45) is 0 Å². The van der Waals surface area contributed by atoms with E-state index in [-0.39, 0.29) is 18.0 Å². The van der Waals surface area contributed by atoms with E-state index in [9.17, 15) is 4.79 Å². The molecule has 0 unspecified atom stereocenters. The zero-order chi connectivity index (χ0) is 15.4. The van der Waals surface area contributed by atoms with E-state index in [1.54, 1.807) is 0 Å². The van der Waals surface area contributed by atoms with Gasteiger partial charge in [0.15, 0.2) is 6.04 Å². The standard InChI is InChI=1S/C19H22N2O/c1-14(15-8-4-2-5-9-15)20-18(16-10-6-3-7-11-16)19(22)21-17-12-13-17/h2-11,14,17-18,20H,12-13H2,1H3,(H,21,22)/p+1/t14-,18+/m1/s1. The molecule has 1 saturated carbocycles. The number of hydrogen-bond acceptors (Lipinski definition) is 1. The van der Waals surface area contributed by atoms with Crippen LogP contribution < -0.4 is 10.6 Å². The second kappa shape index (κ2) is 6.75. The van der Waals surface area contributed by atoms with Crippen LogP contribution in [0.25, 0.3) is 0 Å². The lowest BCUT2D eigenvalue weighted by Gasteiger charge is -2.20. The molecule has 2 aromatic carbocycles. The molecule has 1 aliphatic carbocycles. The largest absolute Gasteiger partial charge is 0.348 e. The predicted octanol–water partition coefficient (Wildman–Crippen LogP) is 2.33. The van der Waals surface area contributed by atoms with Gasteiger partial charge in [-0.2, -0.15) is 0 Å². The van der Waals surface area contributed by atoms with E-state index in [0.29, 0.717) is 6.04 Å². The first-order chi connectivity index (χ1) is 10.7. The summed E-state index contributed by atoms with van der Waals surface area (Å²) in [5, 5.41) is 5.29. The summed E-state index contributed by atoms with van der Waals surface area (Å²) >= 11 is 0. The van der Waals surface area contributed by atoms with Gasteiger partial charge in [0.1, 0.15) is 6.04 Å². The highest BCUT2D eigenvalue weighted by Gasteiger charge is 2.31. The Morgan fingerprint density at radius 2 is 1.55 bits per heavy atom. The van der Waals surface area contributed by atoms with Crippen molar-refractivity contribution in [3.63, 3.8) is 0 Å². The van der Waals surface area contributed by atoms with Crippen LogP contribution in [-0.2, 0) is 4.79 Å². The number of hydrogen-bond donors (Lipinski definition) is 2. The molecule has 3 heteroatoms. The number of amides is 1. The molecular formula is C19H23N2O+. The molecule has 2 atom stereocenters. The Hall–Kier alpha value is -2.13. The Balaban J connectivity index is 1.77. The van der Waals surface area contributed by atoms with E-state index in [4.69, 9.17) is 0 Å². The van der Waals surface area contributed by atoms with Crippen LogP contribution in [0.3, 0.4) is 0 Å². The number of benzene rings is 2. The van der Waals surface area contributed by atoms with E-state index < -0.39 is 0 Å². The minimum Gasteiger partial charge on any atom is -0.348 e. The predicted molar refractivity (Wildman–Crippen MR) is 87.1 cm³/mol. The summed E-state index contributed by atoms with van der Waals surface area (Å²) in [5.41, 5.74) is 2.30. The number of carbonyl (C=O) groups excluding carboxylic acids is 1. The molecule has 2 aromatic rings. The Kier molecular flexibility index (Phi) is 4.54. The summed E-state index contributed by atoms with van der Waals surface area (Å²) in [6.45, 7) is 2.15. The van der Waals surface area contributed by atoms with Gasteiger partial charge >= 0.3 is 0 Å². The molecule has 1 fully saturated rings. The van der Waals surface area contributed by atoms with Gasteiger partial charge in [-0.05, 0) is 19.8 Å². The van der Waals surface area contributed by atoms with E-state index in [1.165, 1.54) is 5.56 Å². The van der Waals surface area contributed by atoms with Gasteiger partial charge in [0.2, 0.25) is 0 Å². The van der Waals surface area contributed by atoms with Crippen LogP contribution in [0.15, 0.2) is 60.7 Å². The maximum Gasteiger partial charge on any atom is 0.283 e. The monoisotopic (exact) mass is 295 g/mol. The van der Waals surface area contributed by atoms with E-state index in [0.717, 1.165) is 18.4 Å². The smallest absolute Gasteiger partial charge is 0.283 e. The van der Waals surface area contributed by atoms with Gasteiger partial charge in [0.25, 0.3) is 5.91 Å². The second-order valence-corrected chi connectivity index (χ2v) is 6.06. The lowest BCUT2D eigenvalue weighted by atomic mass is 10.0. The Labute approximate surface area is 131 Å². The summed E-state index contributed by atoms with van der Waals surface area (Å²) < 4.78 is 0. The lowest BCUT2D eigenvalue weighted by molar-refractivity contribution is -0.719. The van der Waals surface area contributed by atoms with Crippen LogP contribution >= 0.6 is 0 Å². The molecule has 3 N–H and O–H groups in total. The van der Waals surface area contributed by atoms with E-state index in [1.807, 2.05) is 48.5 Å². The van der Waals surface area contributed by atoms with Gasteiger partial charge in [-0.1, -0.05) is 60.7 Å². The van der Waals surface area contributed by atoms with Gasteiger partial charge in [-0.15, -0.1) is 0 Å². The molecule has 0 saturated heterocycles. The summed E-state index contributed by atoms with van der Waals surface area (Å²) in [6.07, 6.45) is 2.23. The summed E-state index contributed by atoms with van der Waals surface area (Å²) in [4.78, 5) is 12.6. The third-order valence-corrected chi connectivity index (χ3v) is 4.17. The minimum atomic E-state index is -0.197. The highest BCUT2D eigenvalue weighted by atomic mass is 16.2. The zero-order valence-electron chi connectivity index (χ0n) is 12.9. The van der Waals surface area contributed by atoms with Crippen LogP contribution in [0.1, 0.15) is 43.0 Å². The van der Waals surface area contributed by atoms with Crippen LogP contribution in [0.4, 0.5) is 0 Å². The Bertz CT molecular complexity index is 608. The van der Waals surface area contributed by atoms with E-state index >= 15 is 0 Å². The lowest BCUT2D eigenvalue weighted by Crippen LogP contribution is -2.88. The van der Waals surface area contributed by atoms with Gasteiger partial charge in [-0.3, -0.25) is 4.79 Å². The van der Waals surface area contributed by atoms with Crippen molar-refractivity contribution in [2.45, 2.75) is 37.9 Å². The molecule has 0 bridgehead atoms. The molecule has 1 aliphatic rings. The quantitative estimate of drug-likeness (QED) is 0.844. The van der Waals surface area contributed by atoms with Gasteiger partial charge in [0, 0.05) is 17.2 Å². The first-order valence-electron chi connectivity index (χ1n) is 7.99.